The van der Waals surface area contributed by atoms with Gasteiger partial charge in [0.25, 0.3) is 0 Å². The Morgan fingerprint density at radius 3 is 2.12 bits per heavy atom. The number of carbonyl (C=O) groups excluding carboxylic acids is 1. The van der Waals surface area contributed by atoms with Crippen LogP contribution in [0.15, 0.2) is 90.5 Å². The van der Waals surface area contributed by atoms with Gasteiger partial charge in [-0.05, 0) is 139 Å². The van der Waals surface area contributed by atoms with Gasteiger partial charge in [0.1, 0.15) is 30.5 Å². The molecule has 0 unspecified atom stereocenters. The first-order valence-corrected chi connectivity index (χ1v) is 20.6. The van der Waals surface area contributed by atoms with Crippen molar-refractivity contribution in [3.63, 3.8) is 0 Å². The van der Waals surface area contributed by atoms with Crippen molar-refractivity contribution in [1.82, 2.24) is 0 Å². The molecule has 0 radical (unpaired) electrons. The van der Waals surface area contributed by atoms with Crippen LogP contribution in [-0.2, 0) is 24.4 Å². The predicted octanol–water partition coefficient (Wildman–Crippen LogP) is 12.8. The van der Waals surface area contributed by atoms with Crippen molar-refractivity contribution in [2.24, 2.45) is 45.3 Å². The largest absolute Gasteiger partial charge is 0.489 e. The Kier molecular flexibility index (Phi) is 10.6. The van der Waals surface area contributed by atoms with E-state index in [-0.39, 0.29) is 16.2 Å². The second-order valence-electron chi connectivity index (χ2n) is 18.6. The molecule has 3 aromatic rings. The summed E-state index contributed by atoms with van der Waals surface area (Å²) in [5, 5.41) is 0. The second kappa shape index (κ2) is 14.8. The third-order valence-corrected chi connectivity index (χ3v) is 15.3. The summed E-state index contributed by atoms with van der Waals surface area (Å²) in [6.45, 7) is 16.1. The first-order valence-electron chi connectivity index (χ1n) is 20.6. The Hall–Kier alpha value is -3.33. The summed E-state index contributed by atoms with van der Waals surface area (Å²) in [6.07, 6.45) is 15.9. The van der Waals surface area contributed by atoms with Crippen LogP contribution in [0.3, 0.4) is 0 Å². The number of ketones is 1. The molecule has 0 saturated heterocycles. The van der Waals surface area contributed by atoms with Gasteiger partial charge in [0.15, 0.2) is 0 Å². The number of Topliss-reactive ketones (excluding diaryl/α,β-unsaturated/α-hetero) is 1. The third kappa shape index (κ3) is 7.03. The van der Waals surface area contributed by atoms with E-state index in [2.05, 4.69) is 120 Å². The van der Waals surface area contributed by atoms with E-state index in [0.717, 1.165) is 74.0 Å². The lowest BCUT2D eigenvalue weighted by Gasteiger charge is -2.60. The fourth-order valence-electron chi connectivity index (χ4n) is 11.6. The molecule has 3 fully saturated rings. The van der Waals surface area contributed by atoms with Crippen LogP contribution in [0.25, 0.3) is 0 Å². The van der Waals surface area contributed by atoms with Crippen LogP contribution in [0.2, 0.25) is 0 Å². The van der Waals surface area contributed by atoms with Crippen molar-refractivity contribution >= 4 is 5.78 Å². The predicted molar refractivity (Wildman–Crippen MR) is 213 cm³/mol. The molecule has 4 aliphatic carbocycles. The summed E-state index contributed by atoms with van der Waals surface area (Å²) in [5.41, 5.74) is 5.52. The van der Waals surface area contributed by atoms with E-state index in [0.29, 0.717) is 48.1 Å². The van der Waals surface area contributed by atoms with Crippen LogP contribution in [0.5, 0.6) is 11.5 Å². The molecule has 3 nitrogen and oxygen atoms in total. The minimum absolute atomic E-state index is 0.0335. The van der Waals surface area contributed by atoms with E-state index in [9.17, 15) is 4.79 Å². The van der Waals surface area contributed by atoms with E-state index >= 15 is 0 Å². The summed E-state index contributed by atoms with van der Waals surface area (Å²) < 4.78 is 13.0. The van der Waals surface area contributed by atoms with Crippen LogP contribution >= 0.6 is 0 Å². The van der Waals surface area contributed by atoms with Gasteiger partial charge in [0.05, 0.1) is 0 Å². The molecule has 3 heteroatoms. The quantitative estimate of drug-likeness (QED) is 0.187. The van der Waals surface area contributed by atoms with Gasteiger partial charge in [-0.1, -0.05) is 120 Å². The standard InChI is InChI=1S/C49H64O3/c1-35-22-24-41-42(19-14-27-46(41,3)4)47(35,5)29-30-49-28-26-36(2)48(6,44(49)20-13-21-45(49)50)32-39-31-40(51-33-37-15-9-7-10-16-37)23-25-43(39)52-34-38-17-11-8-12-18-38/h7-12,15-18,23-25,31,35-36,42,44H,13-14,19-22,26-30,32-34H2,1-6H3/t35-,36+,42+,44-,47+,48+,49-/m0/s1. The Balaban J connectivity index is 1.19. The highest BCUT2D eigenvalue weighted by molar-refractivity contribution is 5.86. The lowest BCUT2D eigenvalue weighted by molar-refractivity contribution is -0.154. The maximum atomic E-state index is 14.6. The normalized spacial score (nSPS) is 32.7. The SMILES string of the molecule is C[C@@H]1CC[C@@]2(CC[C@@]3(C)[C@@H]4CCCC(C)(C)C4=CC[C@@H]3C)C(=O)CCC[C@H]2[C@]1(C)Cc1cc(OCc2ccccc2)ccc1OCc1ccccc1. The van der Waals surface area contributed by atoms with Crippen LogP contribution in [0.4, 0.5) is 0 Å². The zero-order valence-electron chi connectivity index (χ0n) is 33.0. The van der Waals surface area contributed by atoms with E-state index < -0.39 is 0 Å². The Labute approximate surface area is 315 Å². The first kappa shape index (κ1) is 37.0. The van der Waals surface area contributed by atoms with E-state index in [1.54, 1.807) is 5.57 Å². The average molecular weight is 701 g/mol. The van der Waals surface area contributed by atoms with E-state index in [4.69, 9.17) is 9.47 Å². The zero-order chi connectivity index (χ0) is 36.6. The smallest absolute Gasteiger partial charge is 0.139 e. The summed E-state index contributed by atoms with van der Waals surface area (Å²) in [6, 6.07) is 27.3. The Bertz CT molecular complexity index is 1720. The highest BCUT2D eigenvalue weighted by Gasteiger charge is 2.59. The molecule has 278 valence electrons. The van der Waals surface area contributed by atoms with Crippen LogP contribution in [0.1, 0.15) is 129 Å². The average Bonchev–Trinajstić information content (AvgIpc) is 3.14. The Morgan fingerprint density at radius 2 is 1.40 bits per heavy atom. The molecule has 3 aromatic carbocycles. The van der Waals surface area contributed by atoms with Crippen molar-refractivity contribution < 1.29 is 14.3 Å². The lowest BCUT2D eigenvalue weighted by Crippen LogP contribution is -2.56. The second-order valence-corrected chi connectivity index (χ2v) is 18.6. The number of benzene rings is 3. The molecule has 0 heterocycles. The van der Waals surface area contributed by atoms with Crippen molar-refractivity contribution in [3.8, 4) is 11.5 Å². The number of hydrogen-bond acceptors (Lipinski definition) is 3. The number of fused-ring (bicyclic) bond motifs is 2. The first-order chi connectivity index (χ1) is 24.9. The molecule has 0 N–H and O–H groups in total. The molecule has 0 amide bonds. The number of ether oxygens (including phenoxy) is 2. The van der Waals surface area contributed by atoms with Crippen LogP contribution in [0, 0.1) is 45.3 Å². The fourth-order valence-corrected chi connectivity index (χ4v) is 11.6. The van der Waals surface area contributed by atoms with Gasteiger partial charge >= 0.3 is 0 Å². The van der Waals surface area contributed by atoms with Gasteiger partial charge in [0, 0.05) is 11.8 Å². The van der Waals surface area contributed by atoms with Crippen LogP contribution < -0.4 is 9.47 Å². The van der Waals surface area contributed by atoms with Crippen molar-refractivity contribution in [2.75, 3.05) is 0 Å². The highest BCUT2D eigenvalue weighted by Crippen LogP contribution is 2.64. The topological polar surface area (TPSA) is 35.5 Å². The molecule has 0 spiro atoms. The fraction of sp³-hybridized carbons (Fsp3) is 0.571. The summed E-state index contributed by atoms with van der Waals surface area (Å²) in [4.78, 5) is 14.6. The van der Waals surface area contributed by atoms with Gasteiger partial charge in [-0.15, -0.1) is 0 Å². The third-order valence-electron chi connectivity index (χ3n) is 15.3. The molecule has 7 atom stereocenters. The van der Waals surface area contributed by atoms with E-state index in [1.165, 1.54) is 31.2 Å². The number of allylic oxidation sites excluding steroid dienone is 2. The molecule has 4 aliphatic rings. The van der Waals surface area contributed by atoms with Gasteiger partial charge in [-0.2, -0.15) is 0 Å². The lowest BCUT2D eigenvalue weighted by atomic mass is 9.44. The summed E-state index contributed by atoms with van der Waals surface area (Å²) >= 11 is 0. The number of carbonyl (C=O) groups is 1. The molecule has 3 saturated carbocycles. The molecule has 0 aromatic heterocycles. The van der Waals surface area contributed by atoms with Gasteiger partial charge in [-0.3, -0.25) is 4.79 Å². The molecule has 52 heavy (non-hydrogen) atoms. The summed E-state index contributed by atoms with van der Waals surface area (Å²) in [7, 11) is 0. The molecule has 0 bridgehead atoms. The minimum Gasteiger partial charge on any atom is -0.489 e. The number of hydrogen-bond donors (Lipinski definition) is 0. The summed E-state index contributed by atoms with van der Waals surface area (Å²) in [5.74, 6) is 4.53. The highest BCUT2D eigenvalue weighted by atomic mass is 16.5. The van der Waals surface area contributed by atoms with E-state index in [1.807, 2.05) is 6.07 Å². The minimum atomic E-state index is -0.236. The van der Waals surface area contributed by atoms with Crippen molar-refractivity contribution in [2.45, 2.75) is 132 Å². The van der Waals surface area contributed by atoms with Crippen LogP contribution in [-0.4, -0.2) is 5.78 Å². The maximum absolute atomic E-state index is 14.6. The molecule has 0 aliphatic heterocycles. The molecule has 7 rings (SSSR count). The monoisotopic (exact) mass is 700 g/mol. The Morgan fingerprint density at radius 1 is 0.712 bits per heavy atom. The molecular weight excluding hydrogens is 637 g/mol. The van der Waals surface area contributed by atoms with Crippen molar-refractivity contribution in [3.05, 3.63) is 107 Å². The zero-order valence-corrected chi connectivity index (χ0v) is 33.0. The molecular formula is C49H64O3. The van der Waals surface area contributed by atoms with Crippen molar-refractivity contribution in [1.29, 1.82) is 0 Å². The van der Waals surface area contributed by atoms with Gasteiger partial charge < -0.3 is 9.47 Å². The van der Waals surface area contributed by atoms with Gasteiger partial charge in [0.2, 0.25) is 0 Å². The number of rotatable bonds is 11. The maximum Gasteiger partial charge on any atom is 0.139 e. The van der Waals surface area contributed by atoms with Gasteiger partial charge in [-0.25, -0.2) is 0 Å².